The Bertz CT molecular complexity index is 854. The van der Waals surface area contributed by atoms with E-state index in [1.54, 1.807) is 23.1 Å². The third-order valence-corrected chi connectivity index (χ3v) is 4.39. The van der Waals surface area contributed by atoms with E-state index < -0.39 is 5.97 Å². The summed E-state index contributed by atoms with van der Waals surface area (Å²) in [5.74, 6) is 0.534. The van der Waals surface area contributed by atoms with Crippen molar-refractivity contribution < 1.29 is 28.5 Å². The van der Waals surface area contributed by atoms with Crippen LogP contribution >= 0.6 is 0 Å². The molecular weight excluding hydrogens is 386 g/mol. The van der Waals surface area contributed by atoms with E-state index in [0.717, 1.165) is 5.56 Å². The second kappa shape index (κ2) is 11.5. The second-order valence-electron chi connectivity index (χ2n) is 6.29. The van der Waals surface area contributed by atoms with Gasteiger partial charge in [0.2, 0.25) is 5.75 Å². The Labute approximate surface area is 176 Å². The highest BCUT2D eigenvalue weighted by atomic mass is 16.5. The predicted molar refractivity (Wildman–Crippen MR) is 114 cm³/mol. The molecule has 2 rings (SSSR count). The van der Waals surface area contributed by atoms with E-state index in [1.165, 1.54) is 27.4 Å². The first-order valence-corrected chi connectivity index (χ1v) is 9.48. The summed E-state index contributed by atoms with van der Waals surface area (Å²) in [6.07, 6.45) is 2.81. The van der Waals surface area contributed by atoms with Gasteiger partial charge in [0.15, 0.2) is 18.1 Å². The Hall–Kier alpha value is -3.48. The first-order valence-electron chi connectivity index (χ1n) is 9.48. The van der Waals surface area contributed by atoms with E-state index in [-0.39, 0.29) is 12.5 Å². The lowest BCUT2D eigenvalue weighted by Gasteiger charge is -2.20. The fraction of sp³-hybridized carbons (Fsp3) is 0.304. The molecule has 0 saturated carbocycles. The number of likely N-dealkylation sites (N-methyl/N-ethyl adjacent to an activating group) is 1. The van der Waals surface area contributed by atoms with Crippen LogP contribution in [0.15, 0.2) is 48.5 Å². The number of rotatable bonds is 10. The van der Waals surface area contributed by atoms with Crippen LogP contribution in [0.3, 0.4) is 0 Å². The summed E-state index contributed by atoms with van der Waals surface area (Å²) in [5.41, 5.74) is 1.67. The van der Waals surface area contributed by atoms with Crippen LogP contribution in [0.2, 0.25) is 0 Å². The molecule has 0 saturated heterocycles. The highest BCUT2D eigenvalue weighted by Crippen LogP contribution is 2.38. The van der Waals surface area contributed by atoms with Crippen molar-refractivity contribution in [2.45, 2.75) is 13.5 Å². The normalized spacial score (nSPS) is 10.5. The molecule has 0 fully saturated rings. The standard InChI is InChI=1S/C23H27NO6/c1-5-24(15-17-9-7-6-8-10-17)21(25)16-30-22(26)12-11-18-13-19(27-2)23(29-4)20(14-18)28-3/h6-14H,5,15-16H2,1-4H3. The molecule has 0 unspecified atom stereocenters. The van der Waals surface area contributed by atoms with Gasteiger partial charge in [-0.15, -0.1) is 0 Å². The first kappa shape index (κ1) is 22.8. The van der Waals surface area contributed by atoms with Crippen LogP contribution in [0.25, 0.3) is 6.08 Å². The average Bonchev–Trinajstić information content (AvgIpc) is 2.79. The van der Waals surface area contributed by atoms with Crippen molar-refractivity contribution in [3.63, 3.8) is 0 Å². The lowest BCUT2D eigenvalue weighted by atomic mass is 10.1. The van der Waals surface area contributed by atoms with Gasteiger partial charge < -0.3 is 23.8 Å². The van der Waals surface area contributed by atoms with Gasteiger partial charge in [0, 0.05) is 19.2 Å². The molecule has 7 nitrogen and oxygen atoms in total. The van der Waals surface area contributed by atoms with Gasteiger partial charge in [-0.25, -0.2) is 4.79 Å². The number of methoxy groups -OCH3 is 3. The van der Waals surface area contributed by atoms with Gasteiger partial charge in [0.1, 0.15) is 0 Å². The van der Waals surface area contributed by atoms with Gasteiger partial charge in [-0.2, -0.15) is 0 Å². The van der Waals surface area contributed by atoms with Crippen molar-refractivity contribution >= 4 is 18.0 Å². The fourth-order valence-corrected chi connectivity index (χ4v) is 2.81. The molecular formula is C23H27NO6. The molecule has 0 aliphatic rings. The maximum Gasteiger partial charge on any atom is 0.331 e. The number of benzene rings is 2. The van der Waals surface area contributed by atoms with Crippen molar-refractivity contribution in [1.82, 2.24) is 4.90 Å². The third-order valence-electron chi connectivity index (χ3n) is 4.39. The summed E-state index contributed by atoms with van der Waals surface area (Å²) in [5, 5.41) is 0. The van der Waals surface area contributed by atoms with E-state index in [9.17, 15) is 9.59 Å². The zero-order valence-corrected chi connectivity index (χ0v) is 17.7. The smallest absolute Gasteiger partial charge is 0.331 e. The topological polar surface area (TPSA) is 74.3 Å². The van der Waals surface area contributed by atoms with E-state index >= 15 is 0 Å². The maximum atomic E-state index is 12.4. The summed E-state index contributed by atoms with van der Waals surface area (Å²) in [4.78, 5) is 26.1. The summed E-state index contributed by atoms with van der Waals surface area (Å²) in [7, 11) is 4.54. The first-order chi connectivity index (χ1) is 14.5. The van der Waals surface area contributed by atoms with E-state index in [4.69, 9.17) is 18.9 Å². The molecule has 1 amide bonds. The van der Waals surface area contributed by atoms with Crippen LogP contribution in [-0.2, 0) is 20.9 Å². The minimum atomic E-state index is -0.618. The van der Waals surface area contributed by atoms with E-state index in [2.05, 4.69) is 0 Å². The lowest BCUT2D eigenvalue weighted by molar-refractivity contribution is -0.148. The highest BCUT2D eigenvalue weighted by molar-refractivity contribution is 5.89. The Kier molecular flexibility index (Phi) is 8.75. The minimum Gasteiger partial charge on any atom is -0.493 e. The molecule has 160 valence electrons. The molecule has 0 aromatic heterocycles. The van der Waals surface area contributed by atoms with Gasteiger partial charge in [-0.1, -0.05) is 30.3 Å². The molecule has 0 spiro atoms. The Morgan fingerprint density at radius 2 is 1.60 bits per heavy atom. The Morgan fingerprint density at radius 1 is 0.967 bits per heavy atom. The molecule has 0 atom stereocenters. The highest BCUT2D eigenvalue weighted by Gasteiger charge is 2.15. The number of esters is 1. The number of carbonyl (C=O) groups excluding carboxylic acids is 2. The van der Waals surface area contributed by atoms with Gasteiger partial charge in [-0.3, -0.25) is 4.79 Å². The van der Waals surface area contributed by atoms with Gasteiger partial charge in [-0.05, 0) is 36.3 Å². The van der Waals surface area contributed by atoms with Crippen LogP contribution in [0.1, 0.15) is 18.1 Å². The molecule has 2 aromatic carbocycles. The molecule has 0 radical (unpaired) electrons. The van der Waals surface area contributed by atoms with Crippen molar-refractivity contribution in [3.8, 4) is 17.2 Å². The van der Waals surface area contributed by atoms with Crippen LogP contribution < -0.4 is 14.2 Å². The SMILES string of the molecule is CCN(Cc1ccccc1)C(=O)COC(=O)C=Cc1cc(OC)c(OC)c(OC)c1. The monoisotopic (exact) mass is 413 g/mol. The second-order valence-corrected chi connectivity index (χ2v) is 6.29. The molecule has 0 heterocycles. The van der Waals surface area contributed by atoms with Crippen LogP contribution in [0, 0.1) is 0 Å². The number of carbonyl (C=O) groups is 2. The van der Waals surface area contributed by atoms with Crippen molar-refractivity contribution in [1.29, 1.82) is 0 Å². The van der Waals surface area contributed by atoms with Gasteiger partial charge in [0.25, 0.3) is 5.91 Å². The van der Waals surface area contributed by atoms with Gasteiger partial charge >= 0.3 is 5.97 Å². The quantitative estimate of drug-likeness (QED) is 0.439. The maximum absolute atomic E-state index is 12.4. The average molecular weight is 413 g/mol. The largest absolute Gasteiger partial charge is 0.493 e. The molecule has 0 bridgehead atoms. The van der Waals surface area contributed by atoms with Crippen molar-refractivity contribution in [2.75, 3.05) is 34.5 Å². The number of ether oxygens (including phenoxy) is 4. The van der Waals surface area contributed by atoms with Crippen LogP contribution in [-0.4, -0.2) is 51.3 Å². The molecule has 0 aliphatic carbocycles. The summed E-state index contributed by atoms with van der Waals surface area (Å²) >= 11 is 0. The van der Waals surface area contributed by atoms with Crippen molar-refractivity contribution in [2.24, 2.45) is 0 Å². The minimum absolute atomic E-state index is 0.254. The number of hydrogen-bond acceptors (Lipinski definition) is 6. The van der Waals surface area contributed by atoms with Gasteiger partial charge in [0.05, 0.1) is 21.3 Å². The summed E-state index contributed by atoms with van der Waals surface area (Å²) in [6, 6.07) is 13.1. The molecule has 0 aliphatic heterocycles. The Morgan fingerprint density at radius 3 is 2.13 bits per heavy atom. The lowest BCUT2D eigenvalue weighted by Crippen LogP contribution is -2.33. The van der Waals surface area contributed by atoms with Crippen LogP contribution in [0.5, 0.6) is 17.2 Å². The van der Waals surface area contributed by atoms with Crippen LogP contribution in [0.4, 0.5) is 0 Å². The third kappa shape index (κ3) is 6.27. The number of nitrogens with zero attached hydrogens (tertiary/aromatic N) is 1. The number of hydrogen-bond donors (Lipinski definition) is 0. The predicted octanol–water partition coefficient (Wildman–Crippen LogP) is 3.32. The zero-order valence-electron chi connectivity index (χ0n) is 17.7. The van der Waals surface area contributed by atoms with E-state index in [1.807, 2.05) is 37.3 Å². The molecule has 7 heteroatoms. The molecule has 2 aromatic rings. The Balaban J connectivity index is 1.96. The van der Waals surface area contributed by atoms with Crippen molar-refractivity contribution in [3.05, 3.63) is 59.7 Å². The fourth-order valence-electron chi connectivity index (χ4n) is 2.81. The number of amides is 1. The summed E-state index contributed by atoms with van der Waals surface area (Å²) < 4.78 is 20.9. The molecule has 0 N–H and O–H groups in total. The molecule has 30 heavy (non-hydrogen) atoms. The van der Waals surface area contributed by atoms with E-state index in [0.29, 0.717) is 35.9 Å². The summed E-state index contributed by atoms with van der Waals surface area (Å²) in [6.45, 7) is 2.55. The zero-order chi connectivity index (χ0) is 21.9.